The van der Waals surface area contributed by atoms with Crippen LogP contribution in [-0.4, -0.2) is 47.9 Å². The summed E-state index contributed by atoms with van der Waals surface area (Å²) in [7, 11) is 1.48. The molecule has 1 fully saturated rings. The smallest absolute Gasteiger partial charge is 0.378 e. The number of ether oxygens (including phenoxy) is 1. The number of benzene rings is 1. The Balaban J connectivity index is 1.86. The average molecular weight is 405 g/mol. The quantitative estimate of drug-likeness (QED) is 0.771. The molecule has 4 rings (SSSR count). The molecular formula is C20H18F3N3O3. The summed E-state index contributed by atoms with van der Waals surface area (Å²) in [5, 5.41) is 0. The van der Waals surface area contributed by atoms with Gasteiger partial charge in [0.05, 0.1) is 30.9 Å². The summed E-state index contributed by atoms with van der Waals surface area (Å²) in [4.78, 5) is 31.3. The summed E-state index contributed by atoms with van der Waals surface area (Å²) in [6.07, 6.45) is -1.68. The lowest BCUT2D eigenvalue weighted by atomic mass is 9.94. The maximum Gasteiger partial charge on any atom is 0.416 e. The van der Waals surface area contributed by atoms with Crippen molar-refractivity contribution >= 4 is 12.1 Å². The zero-order chi connectivity index (χ0) is 20.8. The Morgan fingerprint density at radius 1 is 1.14 bits per heavy atom. The van der Waals surface area contributed by atoms with E-state index in [1.54, 1.807) is 4.90 Å². The van der Waals surface area contributed by atoms with Crippen LogP contribution >= 0.6 is 0 Å². The zero-order valence-electron chi connectivity index (χ0n) is 15.6. The fourth-order valence-corrected chi connectivity index (χ4v) is 3.59. The largest absolute Gasteiger partial charge is 0.416 e. The fourth-order valence-electron chi connectivity index (χ4n) is 3.59. The highest BCUT2D eigenvalue weighted by Crippen LogP contribution is 2.36. The number of aliphatic imine (C=N–C) groups is 1. The molecule has 0 spiro atoms. The molecule has 29 heavy (non-hydrogen) atoms. The van der Waals surface area contributed by atoms with E-state index in [0.717, 1.165) is 12.1 Å². The monoisotopic (exact) mass is 405 g/mol. The van der Waals surface area contributed by atoms with Gasteiger partial charge in [-0.1, -0.05) is 0 Å². The van der Waals surface area contributed by atoms with Crippen LogP contribution in [0.3, 0.4) is 0 Å². The lowest BCUT2D eigenvalue weighted by Gasteiger charge is -2.27. The van der Waals surface area contributed by atoms with E-state index in [0.29, 0.717) is 37.4 Å². The molecule has 0 atom stereocenters. The van der Waals surface area contributed by atoms with Crippen LogP contribution in [0.25, 0.3) is 11.1 Å². The van der Waals surface area contributed by atoms with Crippen molar-refractivity contribution in [3.05, 3.63) is 57.0 Å². The van der Waals surface area contributed by atoms with Crippen LogP contribution in [0.4, 0.5) is 13.2 Å². The highest BCUT2D eigenvalue weighted by molar-refractivity contribution is 5.98. The first-order chi connectivity index (χ1) is 13.8. The number of halogens is 3. The van der Waals surface area contributed by atoms with E-state index < -0.39 is 17.3 Å². The van der Waals surface area contributed by atoms with Gasteiger partial charge >= 0.3 is 6.18 Å². The summed E-state index contributed by atoms with van der Waals surface area (Å²) in [5.74, 6) is -0.289. The molecule has 1 aromatic heterocycles. The summed E-state index contributed by atoms with van der Waals surface area (Å²) in [6.45, 7) is 1.80. The van der Waals surface area contributed by atoms with Crippen LogP contribution in [0.5, 0.6) is 0 Å². The normalized spacial score (nSPS) is 16.2. The molecule has 2 aliphatic rings. The van der Waals surface area contributed by atoms with Crippen LogP contribution in [0.2, 0.25) is 0 Å². The van der Waals surface area contributed by atoms with Crippen LogP contribution in [0.15, 0.2) is 34.2 Å². The van der Waals surface area contributed by atoms with Gasteiger partial charge in [-0.3, -0.25) is 14.6 Å². The van der Waals surface area contributed by atoms with E-state index in [-0.39, 0.29) is 29.1 Å². The first-order valence-corrected chi connectivity index (χ1v) is 9.08. The van der Waals surface area contributed by atoms with E-state index in [9.17, 15) is 22.8 Å². The van der Waals surface area contributed by atoms with Crippen molar-refractivity contribution in [1.82, 2.24) is 9.47 Å². The van der Waals surface area contributed by atoms with Gasteiger partial charge in [0.1, 0.15) is 0 Å². The topological polar surface area (TPSA) is 63.9 Å². The van der Waals surface area contributed by atoms with Crippen molar-refractivity contribution in [2.75, 3.05) is 26.3 Å². The van der Waals surface area contributed by atoms with Gasteiger partial charge in [0.15, 0.2) is 0 Å². The lowest BCUT2D eigenvalue weighted by molar-refractivity contribution is -0.137. The molecule has 0 N–H and O–H groups in total. The molecule has 152 valence electrons. The van der Waals surface area contributed by atoms with Gasteiger partial charge < -0.3 is 14.2 Å². The maximum atomic E-state index is 13.4. The standard InChI is InChI=1S/C20H18F3N3O3/c1-25-11-13(18(27)26-2-4-29-5-3-26)7-16(19(25)28)15-8-14(20(21,22)23)6-12-9-24-10-17(12)15/h6-8,10-11H,2-5,9H2,1H3. The highest BCUT2D eigenvalue weighted by Gasteiger charge is 2.33. The van der Waals surface area contributed by atoms with Gasteiger partial charge in [-0.05, 0) is 29.3 Å². The number of aromatic nitrogens is 1. The van der Waals surface area contributed by atoms with Crippen LogP contribution < -0.4 is 5.56 Å². The number of fused-ring (bicyclic) bond motifs is 1. The third-order valence-corrected chi connectivity index (χ3v) is 5.09. The van der Waals surface area contributed by atoms with Crippen molar-refractivity contribution in [3.8, 4) is 11.1 Å². The Labute approximate surface area is 164 Å². The van der Waals surface area contributed by atoms with Gasteiger partial charge in [0.2, 0.25) is 0 Å². The Bertz CT molecular complexity index is 1070. The molecule has 0 unspecified atom stereocenters. The molecule has 3 heterocycles. The van der Waals surface area contributed by atoms with Crippen LogP contribution in [0, 0.1) is 0 Å². The number of amides is 1. The Morgan fingerprint density at radius 2 is 1.86 bits per heavy atom. The number of carbonyl (C=O) groups excluding carboxylic acids is 1. The first kappa shape index (κ1) is 19.4. The third-order valence-electron chi connectivity index (χ3n) is 5.09. The average Bonchev–Trinajstić information content (AvgIpc) is 3.17. The number of hydrogen-bond acceptors (Lipinski definition) is 4. The number of nitrogens with zero attached hydrogens (tertiary/aromatic N) is 3. The highest BCUT2D eigenvalue weighted by atomic mass is 19.4. The van der Waals surface area contributed by atoms with E-state index >= 15 is 0 Å². The predicted molar refractivity (Wildman–Crippen MR) is 100 cm³/mol. The number of pyridine rings is 1. The van der Waals surface area contributed by atoms with Crippen molar-refractivity contribution in [3.63, 3.8) is 0 Å². The van der Waals surface area contributed by atoms with E-state index in [1.165, 1.54) is 30.1 Å². The van der Waals surface area contributed by atoms with Crippen molar-refractivity contribution in [2.45, 2.75) is 12.7 Å². The molecule has 9 heteroatoms. The van der Waals surface area contributed by atoms with Gasteiger partial charge in [-0.25, -0.2) is 0 Å². The number of aryl methyl sites for hydroxylation is 1. The van der Waals surface area contributed by atoms with Gasteiger partial charge in [0.25, 0.3) is 11.5 Å². The lowest BCUT2D eigenvalue weighted by Crippen LogP contribution is -2.41. The van der Waals surface area contributed by atoms with Crippen LogP contribution in [0.1, 0.15) is 27.0 Å². The number of morpholine rings is 1. The summed E-state index contributed by atoms with van der Waals surface area (Å²) in [5.41, 5.74) is -0.0253. The van der Waals surface area contributed by atoms with Crippen molar-refractivity contribution < 1.29 is 22.7 Å². The number of carbonyl (C=O) groups is 1. The second-order valence-corrected chi connectivity index (χ2v) is 7.03. The molecule has 0 saturated carbocycles. The van der Waals surface area contributed by atoms with Crippen molar-refractivity contribution in [1.29, 1.82) is 0 Å². The number of rotatable bonds is 2. The van der Waals surface area contributed by atoms with E-state index in [1.807, 2.05) is 0 Å². The Morgan fingerprint density at radius 3 is 2.55 bits per heavy atom. The Hall–Kier alpha value is -2.94. The van der Waals surface area contributed by atoms with E-state index in [4.69, 9.17) is 4.74 Å². The van der Waals surface area contributed by atoms with E-state index in [2.05, 4.69) is 4.99 Å². The minimum atomic E-state index is -4.56. The summed E-state index contributed by atoms with van der Waals surface area (Å²) >= 11 is 0. The molecule has 0 bridgehead atoms. The van der Waals surface area contributed by atoms with Crippen molar-refractivity contribution in [2.24, 2.45) is 12.0 Å². The van der Waals surface area contributed by atoms with Gasteiger partial charge in [0, 0.05) is 43.7 Å². The maximum absolute atomic E-state index is 13.4. The second-order valence-electron chi connectivity index (χ2n) is 7.03. The SMILES string of the molecule is Cn1cc(C(=O)N2CCOCC2)cc(-c2cc(C(F)(F)F)cc3c2C=NC3)c1=O. The third kappa shape index (κ3) is 3.57. The fraction of sp³-hybridized carbons (Fsp3) is 0.350. The zero-order valence-corrected chi connectivity index (χ0v) is 15.6. The second kappa shape index (κ2) is 7.14. The molecule has 0 radical (unpaired) electrons. The summed E-state index contributed by atoms with van der Waals surface area (Å²) in [6, 6.07) is 3.39. The molecule has 2 aromatic rings. The van der Waals surface area contributed by atoms with Gasteiger partial charge in [-0.15, -0.1) is 0 Å². The minimum absolute atomic E-state index is 0.0438. The predicted octanol–water partition coefficient (Wildman–Crippen LogP) is 2.48. The molecule has 1 amide bonds. The Kier molecular flexibility index (Phi) is 4.77. The number of hydrogen-bond donors (Lipinski definition) is 0. The molecule has 6 nitrogen and oxygen atoms in total. The molecular weight excluding hydrogens is 387 g/mol. The molecule has 2 aliphatic heterocycles. The first-order valence-electron chi connectivity index (χ1n) is 9.08. The minimum Gasteiger partial charge on any atom is -0.378 e. The van der Waals surface area contributed by atoms with Gasteiger partial charge in [-0.2, -0.15) is 13.2 Å². The molecule has 1 saturated heterocycles. The molecule has 0 aliphatic carbocycles. The summed E-state index contributed by atoms with van der Waals surface area (Å²) < 4.78 is 46.6. The van der Waals surface area contributed by atoms with Crippen LogP contribution in [-0.2, 0) is 24.5 Å². The number of alkyl halides is 3. The molecule has 1 aromatic carbocycles.